The lowest BCUT2D eigenvalue weighted by Crippen LogP contribution is -2.16. The molecule has 5 aliphatic rings. The van der Waals surface area contributed by atoms with Crippen LogP contribution in [0.2, 0.25) is 0 Å². The Morgan fingerprint density at radius 2 is 0.306 bits per heavy atom. The van der Waals surface area contributed by atoms with Crippen molar-refractivity contribution >= 4 is 0 Å². The van der Waals surface area contributed by atoms with Crippen LogP contribution >= 0.6 is 0 Å². The first-order chi connectivity index (χ1) is 42.0. The highest BCUT2D eigenvalue weighted by atomic mass is 16.6. The molecular formula is C72H74O13. The minimum Gasteiger partial charge on any atom is -0.507 e. The fourth-order valence-electron chi connectivity index (χ4n) is 12.1. The second-order valence-electron chi connectivity index (χ2n) is 21.8. The van der Waals surface area contributed by atoms with Crippen LogP contribution in [0.3, 0.4) is 0 Å². The molecule has 13 nitrogen and oxygen atoms in total. The van der Waals surface area contributed by atoms with Gasteiger partial charge < -0.3 is 62.3 Å². The van der Waals surface area contributed by atoms with Crippen LogP contribution in [0.25, 0.3) is 0 Å². The minimum atomic E-state index is 0.232. The van der Waals surface area contributed by atoms with Gasteiger partial charge in [-0.3, -0.25) is 0 Å². The highest BCUT2D eigenvalue weighted by Crippen LogP contribution is 2.41. The van der Waals surface area contributed by atoms with Crippen LogP contribution in [0.15, 0.2) is 146 Å². The van der Waals surface area contributed by atoms with E-state index in [1.165, 1.54) is 0 Å². The average Bonchev–Trinajstić information content (AvgIpc) is 3.70. The SMILES string of the molecule is Oc1c2cccc1Cc1cccc3c1OCCOCCOc1c4cccc1Cc1cccc5c1OCCOCCOCCOCCOc1c(cccc1C4)Cc1cccc(c1OCCOCCOc1c(cccc1Cc1cccc(c1O)C3)C2)C5. The minimum absolute atomic E-state index is 0.232. The van der Waals surface area contributed by atoms with Crippen LogP contribution in [0.4, 0.5) is 0 Å². The Kier molecular flexibility index (Phi) is 19.1. The molecule has 13 rings (SSSR count). The van der Waals surface area contributed by atoms with Gasteiger partial charge in [0.05, 0.1) is 66.1 Å². The van der Waals surface area contributed by atoms with Gasteiger partial charge in [-0.2, -0.15) is 0 Å². The number of rotatable bonds is 0. The summed E-state index contributed by atoms with van der Waals surface area (Å²) >= 11 is 0. The number of ether oxygens (including phenoxy) is 11. The van der Waals surface area contributed by atoms with Crippen LogP contribution in [-0.4, -0.2) is 116 Å². The molecule has 0 saturated carbocycles. The molecule has 0 unspecified atom stereocenters. The number of para-hydroxylation sites is 8. The summed E-state index contributed by atoms with van der Waals surface area (Å²) < 4.78 is 71.6. The lowest BCUT2D eigenvalue weighted by atomic mass is 9.91. The summed E-state index contributed by atoms with van der Waals surface area (Å²) in [7, 11) is 0. The van der Waals surface area contributed by atoms with Crippen molar-refractivity contribution in [3.8, 4) is 46.0 Å². The van der Waals surface area contributed by atoms with Gasteiger partial charge in [0.2, 0.25) is 0 Å². The number of phenols is 2. The predicted molar refractivity (Wildman–Crippen MR) is 324 cm³/mol. The summed E-state index contributed by atoms with van der Waals surface area (Å²) in [6.45, 7) is 5.46. The molecule has 8 aromatic rings. The Labute approximate surface area is 497 Å². The Morgan fingerprint density at radius 1 is 0.176 bits per heavy atom. The van der Waals surface area contributed by atoms with Crippen LogP contribution < -0.4 is 28.4 Å². The van der Waals surface area contributed by atoms with Crippen molar-refractivity contribution in [2.75, 3.05) is 106 Å². The maximum Gasteiger partial charge on any atom is 0.126 e. The topological polar surface area (TPSA) is 142 Å². The van der Waals surface area contributed by atoms with Crippen molar-refractivity contribution < 1.29 is 62.3 Å². The molecule has 0 aromatic heterocycles. The third-order valence-electron chi connectivity index (χ3n) is 16.1. The van der Waals surface area contributed by atoms with Crippen molar-refractivity contribution in [3.05, 3.63) is 235 Å². The Morgan fingerprint density at radius 3 is 0.471 bits per heavy atom. The molecule has 22 bridgehead atoms. The van der Waals surface area contributed by atoms with E-state index in [4.69, 9.17) is 52.1 Å². The van der Waals surface area contributed by atoms with E-state index >= 15 is 0 Å². The molecule has 8 aromatic carbocycles. The van der Waals surface area contributed by atoms with Gasteiger partial charge in [-0.1, -0.05) is 146 Å². The maximum atomic E-state index is 12.1. The number of hydrogen-bond donors (Lipinski definition) is 2. The summed E-state index contributed by atoms with van der Waals surface area (Å²) in [5, 5.41) is 24.1. The number of phenolic OH excluding ortho intramolecular Hbond substituents is 2. The monoisotopic (exact) mass is 1150 g/mol. The second-order valence-corrected chi connectivity index (χ2v) is 21.8. The fraction of sp³-hybridized carbons (Fsp3) is 0.333. The van der Waals surface area contributed by atoms with Crippen molar-refractivity contribution in [1.82, 2.24) is 0 Å². The van der Waals surface area contributed by atoms with E-state index in [0.717, 1.165) is 112 Å². The molecule has 0 spiro atoms. The van der Waals surface area contributed by atoms with Crippen molar-refractivity contribution in [1.29, 1.82) is 0 Å². The molecule has 3 heterocycles. The van der Waals surface area contributed by atoms with Gasteiger partial charge in [0.1, 0.15) is 85.6 Å². The average molecular weight is 1150 g/mol. The number of aromatic hydroxyl groups is 2. The quantitative estimate of drug-likeness (QED) is 0.139. The van der Waals surface area contributed by atoms with Crippen LogP contribution in [0.5, 0.6) is 46.0 Å². The largest absolute Gasteiger partial charge is 0.507 e. The number of benzene rings is 8. The van der Waals surface area contributed by atoms with Crippen LogP contribution in [0, 0.1) is 0 Å². The number of hydrogen-bond acceptors (Lipinski definition) is 13. The van der Waals surface area contributed by atoms with Gasteiger partial charge >= 0.3 is 0 Å². The molecule has 2 aliphatic carbocycles. The molecule has 2 N–H and O–H groups in total. The van der Waals surface area contributed by atoms with Gasteiger partial charge in [0, 0.05) is 51.4 Å². The van der Waals surface area contributed by atoms with Crippen molar-refractivity contribution in [2.24, 2.45) is 0 Å². The highest BCUT2D eigenvalue weighted by Gasteiger charge is 2.24. The molecule has 0 atom stereocenters. The predicted octanol–water partition coefficient (Wildman–Crippen LogP) is 11.5. The van der Waals surface area contributed by atoms with Gasteiger partial charge in [-0.15, -0.1) is 0 Å². The molecule has 3 aliphatic heterocycles. The molecule has 13 heteroatoms. The van der Waals surface area contributed by atoms with Gasteiger partial charge in [0.15, 0.2) is 0 Å². The van der Waals surface area contributed by atoms with E-state index in [9.17, 15) is 10.2 Å². The summed E-state index contributed by atoms with van der Waals surface area (Å²) in [6.07, 6.45) is 3.77. The molecule has 0 amide bonds. The second kappa shape index (κ2) is 28.2. The van der Waals surface area contributed by atoms with Crippen molar-refractivity contribution in [2.45, 2.75) is 51.4 Å². The smallest absolute Gasteiger partial charge is 0.126 e. The van der Waals surface area contributed by atoms with E-state index in [2.05, 4.69) is 72.8 Å². The molecule has 440 valence electrons. The molecule has 85 heavy (non-hydrogen) atoms. The van der Waals surface area contributed by atoms with Crippen molar-refractivity contribution in [3.63, 3.8) is 0 Å². The van der Waals surface area contributed by atoms with Crippen LogP contribution in [0.1, 0.15) is 89.0 Å². The maximum absolute atomic E-state index is 12.1. The van der Waals surface area contributed by atoms with Crippen LogP contribution in [-0.2, 0) is 75.1 Å². The Bertz CT molecular complexity index is 3170. The van der Waals surface area contributed by atoms with E-state index in [0.29, 0.717) is 129 Å². The van der Waals surface area contributed by atoms with E-state index in [1.54, 1.807) is 0 Å². The zero-order valence-corrected chi connectivity index (χ0v) is 48.2. The first kappa shape index (κ1) is 57.4. The number of fused-ring (bicyclic) bond motifs is 12. The standard InChI is InChI=1S/C72H74O13/c73-65-49-9-1-10-50(65)42-54-14-4-16-56-44-52-12-2-11-51(66(52)74)43-55-15-3-13-53(41-49)67(55)80-37-31-78-33-39-84-71-61-21-7-22-62(71)46-58-18-6-20-60-48-64-24-8-23-63(72(64)85-40-34-79-32-38-81-68(54)56)47-59-19-5-17-57(45-61)69(59)82-35-29-76-27-25-75-26-28-77-30-36-83-70(58)60/h1-24,73-74H,25-48H2. The summed E-state index contributed by atoms with van der Waals surface area (Å²) in [5.74, 6) is 5.04. The van der Waals surface area contributed by atoms with Gasteiger partial charge in [0.25, 0.3) is 0 Å². The lowest BCUT2D eigenvalue weighted by molar-refractivity contribution is 0.00484. The molecule has 0 fully saturated rings. The van der Waals surface area contributed by atoms with E-state index < -0.39 is 0 Å². The third kappa shape index (κ3) is 14.1. The summed E-state index contributed by atoms with van der Waals surface area (Å²) in [6, 6.07) is 49.6. The third-order valence-corrected chi connectivity index (χ3v) is 16.1. The summed E-state index contributed by atoms with van der Waals surface area (Å²) in [4.78, 5) is 0. The molecule has 0 radical (unpaired) electrons. The zero-order valence-electron chi connectivity index (χ0n) is 48.2. The van der Waals surface area contributed by atoms with E-state index in [-0.39, 0.29) is 51.1 Å². The summed E-state index contributed by atoms with van der Waals surface area (Å²) in [5.41, 5.74) is 14.8. The van der Waals surface area contributed by atoms with Gasteiger partial charge in [-0.05, 0) is 89.0 Å². The molecule has 0 saturated heterocycles. The highest BCUT2D eigenvalue weighted by molar-refractivity contribution is 5.58. The Hall–Kier alpha value is -8.04. The zero-order chi connectivity index (χ0) is 57.6. The lowest BCUT2D eigenvalue weighted by Gasteiger charge is -2.23. The fourth-order valence-corrected chi connectivity index (χ4v) is 12.1. The van der Waals surface area contributed by atoms with E-state index in [1.807, 2.05) is 72.8 Å². The molecular weight excluding hydrogens is 1070 g/mol. The first-order valence-electron chi connectivity index (χ1n) is 29.9. The van der Waals surface area contributed by atoms with Gasteiger partial charge in [-0.25, -0.2) is 0 Å². The normalized spacial score (nSPS) is 16.7. The first-order valence-corrected chi connectivity index (χ1v) is 29.9. The Balaban J connectivity index is 0.933.